The van der Waals surface area contributed by atoms with Gasteiger partial charge in [-0.25, -0.2) is 14.3 Å². The van der Waals surface area contributed by atoms with Gasteiger partial charge in [0.1, 0.15) is 6.10 Å². The summed E-state index contributed by atoms with van der Waals surface area (Å²) < 4.78 is 28.5. The Hall–Kier alpha value is -1.78. The van der Waals surface area contributed by atoms with E-state index in [-0.39, 0.29) is 23.8 Å². The summed E-state index contributed by atoms with van der Waals surface area (Å²) in [6.45, 7) is 1.64. The number of aliphatic hydroxyl groups is 1. The number of carbonyl (C=O) groups is 1. The molecule has 27 heavy (non-hydrogen) atoms. The Kier molecular flexibility index (Phi) is 6.28. The van der Waals surface area contributed by atoms with Gasteiger partial charge in [0.2, 0.25) is 0 Å². The summed E-state index contributed by atoms with van der Waals surface area (Å²) in [5.41, 5.74) is 3.82. The average Bonchev–Trinajstić information content (AvgIpc) is 3.45. The van der Waals surface area contributed by atoms with Crippen molar-refractivity contribution in [1.29, 1.82) is 0 Å². The van der Waals surface area contributed by atoms with E-state index >= 15 is 0 Å². The van der Waals surface area contributed by atoms with Gasteiger partial charge in [-0.15, -0.1) is 0 Å². The third-order valence-corrected chi connectivity index (χ3v) is 5.06. The van der Waals surface area contributed by atoms with Crippen molar-refractivity contribution in [1.82, 2.24) is 5.48 Å². The van der Waals surface area contributed by atoms with E-state index in [0.29, 0.717) is 5.69 Å². The molecule has 1 atom stereocenters. The Morgan fingerprint density at radius 1 is 1.26 bits per heavy atom. The first kappa shape index (κ1) is 20.0. The molecule has 1 aliphatic rings. The summed E-state index contributed by atoms with van der Waals surface area (Å²) >= 11 is 2.17. The minimum atomic E-state index is -1.13. The molecule has 1 amide bonds. The van der Waals surface area contributed by atoms with Crippen LogP contribution in [0.4, 0.5) is 20.2 Å². The molecular formula is C19H19F2IN2O3. The zero-order valence-corrected chi connectivity index (χ0v) is 16.7. The molecule has 5 nitrogen and oxygen atoms in total. The van der Waals surface area contributed by atoms with Crippen LogP contribution in [0.15, 0.2) is 30.3 Å². The highest BCUT2D eigenvalue weighted by Crippen LogP contribution is 2.34. The summed E-state index contributed by atoms with van der Waals surface area (Å²) in [5.74, 6) is -2.72. The van der Waals surface area contributed by atoms with E-state index in [1.54, 1.807) is 6.07 Å². The molecule has 0 radical (unpaired) electrons. The number of halogens is 3. The predicted octanol–water partition coefficient (Wildman–Crippen LogP) is 4.05. The molecule has 144 valence electrons. The molecule has 1 saturated carbocycles. The summed E-state index contributed by atoms with van der Waals surface area (Å²) in [5, 5.41) is 12.3. The lowest BCUT2D eigenvalue weighted by Crippen LogP contribution is -2.33. The molecule has 2 aromatic rings. The third-order valence-electron chi connectivity index (χ3n) is 4.39. The molecule has 1 fully saturated rings. The van der Waals surface area contributed by atoms with Gasteiger partial charge in [0.15, 0.2) is 11.6 Å². The first-order valence-electron chi connectivity index (χ1n) is 8.48. The van der Waals surface area contributed by atoms with Crippen molar-refractivity contribution in [2.24, 2.45) is 5.92 Å². The second-order valence-corrected chi connectivity index (χ2v) is 7.75. The smallest absolute Gasteiger partial charge is 0.277 e. The number of hydrogen-bond donors (Lipinski definition) is 3. The number of hydroxylamine groups is 1. The molecule has 0 aromatic heterocycles. The predicted molar refractivity (Wildman–Crippen MR) is 106 cm³/mol. The van der Waals surface area contributed by atoms with Gasteiger partial charge in [-0.05, 0) is 78.1 Å². The van der Waals surface area contributed by atoms with Crippen molar-refractivity contribution >= 4 is 39.9 Å². The first-order valence-corrected chi connectivity index (χ1v) is 9.56. The van der Waals surface area contributed by atoms with Crippen LogP contribution in [0.25, 0.3) is 0 Å². The highest BCUT2D eigenvalue weighted by molar-refractivity contribution is 14.1. The molecule has 0 spiro atoms. The van der Waals surface area contributed by atoms with E-state index in [1.165, 1.54) is 0 Å². The largest absolute Gasteiger partial charge is 0.394 e. The summed E-state index contributed by atoms with van der Waals surface area (Å²) in [4.78, 5) is 17.7. The molecule has 3 N–H and O–H groups in total. The van der Waals surface area contributed by atoms with Crippen molar-refractivity contribution in [3.63, 3.8) is 0 Å². The van der Waals surface area contributed by atoms with E-state index in [2.05, 4.69) is 33.4 Å². The number of hydrogen-bond acceptors (Lipinski definition) is 4. The van der Waals surface area contributed by atoms with E-state index < -0.39 is 23.6 Å². The van der Waals surface area contributed by atoms with Gasteiger partial charge in [0.25, 0.3) is 5.91 Å². The maximum Gasteiger partial charge on any atom is 0.277 e. The SMILES string of the molecule is Cc1cc(I)ccc1Nc1cc(F)c(F)cc1C(=O)NOC(CO)C1CC1. The Labute approximate surface area is 169 Å². The number of aliphatic hydroxyl groups excluding tert-OH is 1. The number of rotatable bonds is 7. The number of benzene rings is 2. The highest BCUT2D eigenvalue weighted by atomic mass is 127. The van der Waals surface area contributed by atoms with Crippen LogP contribution >= 0.6 is 22.6 Å². The zero-order chi connectivity index (χ0) is 19.6. The van der Waals surface area contributed by atoms with Gasteiger partial charge in [-0.3, -0.25) is 9.63 Å². The van der Waals surface area contributed by atoms with Gasteiger partial charge in [-0.2, -0.15) is 0 Å². The molecule has 0 bridgehead atoms. The Morgan fingerprint density at radius 2 is 1.96 bits per heavy atom. The van der Waals surface area contributed by atoms with Crippen LogP contribution in [0.3, 0.4) is 0 Å². The maximum atomic E-state index is 13.8. The second kappa shape index (κ2) is 8.49. The fraction of sp³-hybridized carbons (Fsp3) is 0.316. The minimum Gasteiger partial charge on any atom is -0.394 e. The van der Waals surface area contributed by atoms with Crippen LogP contribution < -0.4 is 10.8 Å². The van der Waals surface area contributed by atoms with E-state index in [0.717, 1.165) is 34.1 Å². The van der Waals surface area contributed by atoms with Crippen molar-refractivity contribution < 1.29 is 23.5 Å². The number of carbonyl (C=O) groups excluding carboxylic acids is 1. The molecule has 0 aliphatic heterocycles. The van der Waals surface area contributed by atoms with Crippen molar-refractivity contribution in [2.75, 3.05) is 11.9 Å². The Morgan fingerprint density at radius 3 is 2.59 bits per heavy atom. The van der Waals surface area contributed by atoms with Gasteiger partial charge < -0.3 is 10.4 Å². The fourth-order valence-corrected chi connectivity index (χ4v) is 3.33. The third kappa shape index (κ3) is 4.94. The van der Waals surface area contributed by atoms with Crippen LogP contribution in [-0.4, -0.2) is 23.7 Å². The number of anilines is 2. The van der Waals surface area contributed by atoms with Gasteiger partial charge >= 0.3 is 0 Å². The molecule has 1 unspecified atom stereocenters. The molecule has 0 saturated heterocycles. The lowest BCUT2D eigenvalue weighted by Gasteiger charge is -2.17. The van der Waals surface area contributed by atoms with Crippen molar-refractivity contribution in [3.8, 4) is 0 Å². The van der Waals surface area contributed by atoms with Crippen LogP contribution in [0, 0.1) is 28.0 Å². The van der Waals surface area contributed by atoms with Crippen molar-refractivity contribution in [2.45, 2.75) is 25.9 Å². The normalized spacial score (nSPS) is 14.7. The minimum absolute atomic E-state index is 0.0978. The van der Waals surface area contributed by atoms with Crippen LogP contribution in [0.1, 0.15) is 28.8 Å². The van der Waals surface area contributed by atoms with Gasteiger partial charge in [0, 0.05) is 15.3 Å². The zero-order valence-electron chi connectivity index (χ0n) is 14.6. The number of amides is 1. The summed E-state index contributed by atoms with van der Waals surface area (Å²) in [6, 6.07) is 7.34. The Bertz CT molecular complexity index is 859. The topological polar surface area (TPSA) is 70.6 Å². The molecule has 8 heteroatoms. The fourth-order valence-electron chi connectivity index (χ4n) is 2.69. The van der Waals surface area contributed by atoms with Crippen LogP contribution in [0.5, 0.6) is 0 Å². The van der Waals surface area contributed by atoms with Crippen molar-refractivity contribution in [3.05, 3.63) is 56.7 Å². The van der Waals surface area contributed by atoms with Crippen LogP contribution in [0.2, 0.25) is 0 Å². The second-order valence-electron chi connectivity index (χ2n) is 6.50. The summed E-state index contributed by atoms with van der Waals surface area (Å²) in [7, 11) is 0. The Balaban J connectivity index is 1.82. The van der Waals surface area contributed by atoms with Gasteiger partial charge in [-0.1, -0.05) is 0 Å². The average molecular weight is 488 g/mol. The molecule has 1 aliphatic carbocycles. The first-order chi connectivity index (χ1) is 12.9. The number of nitrogens with one attached hydrogen (secondary N) is 2. The highest BCUT2D eigenvalue weighted by Gasteiger charge is 2.32. The summed E-state index contributed by atoms with van der Waals surface area (Å²) in [6.07, 6.45) is 1.34. The number of aryl methyl sites for hydroxylation is 1. The van der Waals surface area contributed by atoms with Crippen LogP contribution in [-0.2, 0) is 4.84 Å². The quantitative estimate of drug-likeness (QED) is 0.407. The van der Waals surface area contributed by atoms with E-state index in [4.69, 9.17) is 4.84 Å². The maximum absolute atomic E-state index is 13.8. The molecular weight excluding hydrogens is 469 g/mol. The molecule has 0 heterocycles. The van der Waals surface area contributed by atoms with Gasteiger partial charge in [0.05, 0.1) is 17.9 Å². The molecule has 3 rings (SSSR count). The van der Waals surface area contributed by atoms with E-state index in [9.17, 15) is 18.7 Å². The molecule has 2 aromatic carbocycles. The lowest BCUT2D eigenvalue weighted by atomic mass is 10.1. The lowest BCUT2D eigenvalue weighted by molar-refractivity contribution is -0.0497. The standard InChI is InChI=1S/C19H19F2IN2O3/c1-10-6-12(22)4-5-16(10)23-17-8-15(21)14(20)7-13(17)19(26)24-27-18(9-25)11-2-3-11/h4-8,11,18,23,25H,2-3,9H2,1H3,(H,24,26). The van der Waals surface area contributed by atoms with E-state index in [1.807, 2.05) is 19.1 Å². The monoisotopic (exact) mass is 488 g/mol.